The number of nitrogens with zero attached hydrogens (tertiary/aromatic N) is 2. The minimum Gasteiger partial charge on any atom is -0.376 e. The number of likely N-dealkylation sites (tertiary alicyclic amines) is 1. The first-order valence-corrected chi connectivity index (χ1v) is 9.96. The Morgan fingerprint density at radius 2 is 2.22 bits per heavy atom. The van der Waals surface area contributed by atoms with Gasteiger partial charge in [-0.1, -0.05) is 23.9 Å². The number of hydrogen-bond donors (Lipinski definition) is 0. The topological polar surface area (TPSA) is 42.4 Å². The number of carbonyl (C=O) groups excluding carboxylic acids is 1. The van der Waals surface area contributed by atoms with Gasteiger partial charge in [0.25, 0.3) is 0 Å². The molecule has 1 amide bonds. The maximum atomic E-state index is 12.4. The largest absolute Gasteiger partial charge is 0.376 e. The molecule has 2 aromatic rings. The third-order valence-corrected chi connectivity index (χ3v) is 6.52. The van der Waals surface area contributed by atoms with Gasteiger partial charge in [0.1, 0.15) is 0 Å². The summed E-state index contributed by atoms with van der Waals surface area (Å²) in [5.41, 5.74) is 1.02. The zero-order valence-electron chi connectivity index (χ0n) is 12.9. The molecule has 1 aliphatic carbocycles. The highest BCUT2D eigenvalue weighted by molar-refractivity contribution is 8.01. The highest BCUT2D eigenvalue weighted by atomic mass is 32.2. The predicted octanol–water partition coefficient (Wildman–Crippen LogP) is 3.42. The molecule has 1 aromatic carbocycles. The van der Waals surface area contributed by atoms with Crippen LogP contribution in [0.25, 0.3) is 10.2 Å². The van der Waals surface area contributed by atoms with Gasteiger partial charge in [-0.05, 0) is 37.3 Å². The highest BCUT2D eigenvalue weighted by Gasteiger charge is 2.29. The van der Waals surface area contributed by atoms with Crippen LogP contribution in [-0.4, -0.2) is 47.3 Å². The molecule has 1 saturated heterocycles. The fourth-order valence-corrected chi connectivity index (χ4v) is 4.75. The quantitative estimate of drug-likeness (QED) is 0.750. The number of thioether (sulfide) groups is 1. The summed E-state index contributed by atoms with van der Waals surface area (Å²) in [7, 11) is 0. The maximum Gasteiger partial charge on any atom is 0.233 e. The van der Waals surface area contributed by atoms with Crippen molar-refractivity contribution in [3.05, 3.63) is 24.3 Å². The summed E-state index contributed by atoms with van der Waals surface area (Å²) in [6.07, 6.45) is 3.85. The molecule has 23 heavy (non-hydrogen) atoms. The molecule has 2 fully saturated rings. The number of fused-ring (bicyclic) bond motifs is 1. The number of amides is 1. The summed E-state index contributed by atoms with van der Waals surface area (Å²) in [5.74, 6) is 1.45. The molecule has 0 spiro atoms. The van der Waals surface area contributed by atoms with E-state index < -0.39 is 0 Å². The highest BCUT2D eigenvalue weighted by Crippen LogP contribution is 2.31. The summed E-state index contributed by atoms with van der Waals surface area (Å²) in [4.78, 5) is 18.9. The fourth-order valence-electron chi connectivity index (χ4n) is 2.78. The molecular weight excluding hydrogens is 328 g/mol. The van der Waals surface area contributed by atoms with Crippen LogP contribution in [-0.2, 0) is 9.53 Å². The molecule has 122 valence electrons. The van der Waals surface area contributed by atoms with Gasteiger partial charge in [-0.25, -0.2) is 4.98 Å². The molecule has 2 heterocycles. The number of para-hydroxylation sites is 1. The van der Waals surface area contributed by atoms with Gasteiger partial charge in [0.2, 0.25) is 5.91 Å². The number of thiazole rings is 1. The smallest absolute Gasteiger partial charge is 0.233 e. The zero-order valence-corrected chi connectivity index (χ0v) is 14.6. The molecule has 0 N–H and O–H groups in total. The molecule has 2 aliphatic rings. The second-order valence-electron chi connectivity index (χ2n) is 6.26. The number of hydrogen-bond acceptors (Lipinski definition) is 5. The number of carbonyl (C=O) groups is 1. The van der Waals surface area contributed by atoms with E-state index in [1.54, 1.807) is 23.1 Å². The van der Waals surface area contributed by atoms with E-state index in [2.05, 4.69) is 11.1 Å². The van der Waals surface area contributed by atoms with E-state index in [0.717, 1.165) is 41.9 Å². The number of aromatic nitrogens is 1. The molecule has 1 saturated carbocycles. The van der Waals surface area contributed by atoms with Gasteiger partial charge < -0.3 is 9.64 Å². The Bertz CT molecular complexity index is 666. The normalized spacial score (nSPS) is 21.2. The fraction of sp³-hybridized carbons (Fsp3) is 0.529. The lowest BCUT2D eigenvalue weighted by Crippen LogP contribution is -2.31. The zero-order chi connectivity index (χ0) is 15.6. The van der Waals surface area contributed by atoms with Crippen LogP contribution in [0.1, 0.15) is 19.3 Å². The maximum absolute atomic E-state index is 12.4. The molecule has 0 bridgehead atoms. The van der Waals surface area contributed by atoms with Crippen LogP contribution in [0.2, 0.25) is 0 Å². The second-order valence-corrected chi connectivity index (χ2v) is 8.52. The van der Waals surface area contributed by atoms with Crippen molar-refractivity contribution in [3.63, 3.8) is 0 Å². The minimum atomic E-state index is 0.201. The van der Waals surface area contributed by atoms with E-state index in [1.807, 2.05) is 23.1 Å². The van der Waals surface area contributed by atoms with E-state index in [4.69, 9.17) is 4.74 Å². The second kappa shape index (κ2) is 6.79. The van der Waals surface area contributed by atoms with Gasteiger partial charge in [-0.3, -0.25) is 4.79 Å². The van der Waals surface area contributed by atoms with E-state index in [0.29, 0.717) is 5.75 Å². The first-order valence-electron chi connectivity index (χ1n) is 8.15. The number of ether oxygens (including phenoxy) is 1. The average molecular weight is 348 g/mol. The predicted molar refractivity (Wildman–Crippen MR) is 94.0 cm³/mol. The van der Waals surface area contributed by atoms with Gasteiger partial charge in [0, 0.05) is 19.7 Å². The van der Waals surface area contributed by atoms with Crippen LogP contribution < -0.4 is 0 Å². The monoisotopic (exact) mass is 348 g/mol. The van der Waals surface area contributed by atoms with Gasteiger partial charge in [0.15, 0.2) is 4.34 Å². The molecule has 4 rings (SSSR count). The molecule has 1 atom stereocenters. The lowest BCUT2D eigenvalue weighted by Gasteiger charge is -2.16. The van der Waals surface area contributed by atoms with Crippen molar-refractivity contribution in [2.24, 2.45) is 5.92 Å². The standard InChI is InChI=1S/C17H20N2O2S2/c20-16(19-8-7-13(9-19)21-10-12-5-6-12)11-22-17-18-14-3-1-2-4-15(14)23-17/h1-4,12-13H,5-11H2. The molecule has 0 radical (unpaired) electrons. The lowest BCUT2D eigenvalue weighted by molar-refractivity contribution is -0.127. The van der Waals surface area contributed by atoms with Crippen molar-refractivity contribution in [2.45, 2.75) is 29.7 Å². The van der Waals surface area contributed by atoms with Crippen LogP contribution in [0.4, 0.5) is 0 Å². The summed E-state index contributed by atoms with van der Waals surface area (Å²) in [5, 5.41) is 0. The third-order valence-electron chi connectivity index (χ3n) is 4.36. The Balaban J connectivity index is 1.26. The van der Waals surface area contributed by atoms with Crippen LogP contribution in [0.5, 0.6) is 0 Å². The number of benzene rings is 1. The third kappa shape index (κ3) is 3.87. The summed E-state index contributed by atoms with van der Waals surface area (Å²) in [6, 6.07) is 8.10. The van der Waals surface area contributed by atoms with Gasteiger partial charge in [0.05, 0.1) is 22.1 Å². The summed E-state index contributed by atoms with van der Waals surface area (Å²) < 4.78 is 8.05. The SMILES string of the molecule is O=C(CSc1nc2ccccc2s1)N1CCC(OCC2CC2)C1. The first kappa shape index (κ1) is 15.4. The van der Waals surface area contributed by atoms with Crippen molar-refractivity contribution in [2.75, 3.05) is 25.4 Å². The van der Waals surface area contributed by atoms with Crippen molar-refractivity contribution in [1.29, 1.82) is 0 Å². The van der Waals surface area contributed by atoms with Crippen LogP contribution in [0.15, 0.2) is 28.6 Å². The van der Waals surface area contributed by atoms with Gasteiger partial charge in [-0.2, -0.15) is 0 Å². The van der Waals surface area contributed by atoms with E-state index in [-0.39, 0.29) is 12.0 Å². The molecule has 1 aromatic heterocycles. The molecule has 1 aliphatic heterocycles. The van der Waals surface area contributed by atoms with Gasteiger partial charge in [-0.15, -0.1) is 11.3 Å². The molecule has 4 nitrogen and oxygen atoms in total. The van der Waals surface area contributed by atoms with E-state index >= 15 is 0 Å². The van der Waals surface area contributed by atoms with Crippen molar-refractivity contribution in [3.8, 4) is 0 Å². The van der Waals surface area contributed by atoms with Crippen molar-refractivity contribution < 1.29 is 9.53 Å². The first-order chi connectivity index (χ1) is 11.3. The summed E-state index contributed by atoms with van der Waals surface area (Å²) >= 11 is 3.20. The van der Waals surface area contributed by atoms with E-state index in [9.17, 15) is 4.79 Å². The Kier molecular flexibility index (Phi) is 4.55. The minimum absolute atomic E-state index is 0.201. The molecule has 6 heteroatoms. The average Bonchev–Trinajstić information content (AvgIpc) is 3.11. The van der Waals surface area contributed by atoms with E-state index in [1.165, 1.54) is 17.5 Å². The van der Waals surface area contributed by atoms with Crippen LogP contribution in [0.3, 0.4) is 0 Å². The Morgan fingerprint density at radius 3 is 3.04 bits per heavy atom. The Morgan fingerprint density at radius 1 is 1.35 bits per heavy atom. The Labute approximate surface area is 144 Å². The Hall–Kier alpha value is -1.11. The van der Waals surface area contributed by atoms with Crippen LogP contribution in [0, 0.1) is 5.92 Å². The van der Waals surface area contributed by atoms with Crippen molar-refractivity contribution >= 4 is 39.2 Å². The van der Waals surface area contributed by atoms with Gasteiger partial charge >= 0.3 is 0 Å². The lowest BCUT2D eigenvalue weighted by atomic mass is 10.3. The summed E-state index contributed by atoms with van der Waals surface area (Å²) in [6.45, 7) is 2.47. The molecule has 1 unspecified atom stereocenters. The van der Waals surface area contributed by atoms with Crippen molar-refractivity contribution in [1.82, 2.24) is 9.88 Å². The van der Waals surface area contributed by atoms with Crippen LogP contribution >= 0.6 is 23.1 Å². The molecular formula is C17H20N2O2S2. The number of rotatable bonds is 6.